The largest absolute Gasteiger partial charge is 0.352 e. The van der Waals surface area contributed by atoms with E-state index in [0.717, 1.165) is 32.2 Å². The number of hydrogen-bond acceptors (Lipinski definition) is 3. The van der Waals surface area contributed by atoms with Gasteiger partial charge < -0.3 is 15.5 Å². The normalized spacial score (nSPS) is 23.5. The van der Waals surface area contributed by atoms with Crippen molar-refractivity contribution in [2.45, 2.75) is 51.1 Å². The molecule has 3 rings (SSSR count). The Morgan fingerprint density at radius 3 is 2.96 bits per heavy atom. The average Bonchev–Trinajstić information content (AvgIpc) is 2.65. The van der Waals surface area contributed by atoms with E-state index < -0.39 is 0 Å². The van der Waals surface area contributed by atoms with Crippen LogP contribution in [0.25, 0.3) is 0 Å². The van der Waals surface area contributed by atoms with Crippen LogP contribution in [0.15, 0.2) is 24.3 Å². The lowest BCUT2D eigenvalue weighted by Gasteiger charge is -2.35. The van der Waals surface area contributed by atoms with Crippen molar-refractivity contribution in [3.05, 3.63) is 35.4 Å². The Hall–Kier alpha value is -1.88. The lowest BCUT2D eigenvalue weighted by Crippen LogP contribution is -2.53. The third kappa shape index (κ3) is 3.61. The summed E-state index contributed by atoms with van der Waals surface area (Å²) < 4.78 is 0. The molecule has 130 valence electrons. The molecule has 2 unspecified atom stereocenters. The van der Waals surface area contributed by atoms with Gasteiger partial charge in [0.25, 0.3) is 0 Å². The van der Waals surface area contributed by atoms with Crippen LogP contribution in [0.1, 0.15) is 49.8 Å². The van der Waals surface area contributed by atoms with Gasteiger partial charge in [-0.15, -0.1) is 0 Å². The Bertz CT molecular complexity index is 602. The molecule has 2 amide bonds. The van der Waals surface area contributed by atoms with Gasteiger partial charge in [-0.3, -0.25) is 9.59 Å². The SMILES string of the molecule is CCC(=O)N1CCCCC1C(=O)NCC1NCCc2ccccc21. The molecule has 0 aromatic heterocycles. The van der Waals surface area contributed by atoms with Gasteiger partial charge in [0.15, 0.2) is 0 Å². The number of piperidine rings is 1. The summed E-state index contributed by atoms with van der Waals surface area (Å²) in [5.74, 6) is 0.0670. The van der Waals surface area contributed by atoms with E-state index in [1.807, 2.05) is 13.0 Å². The van der Waals surface area contributed by atoms with Crippen molar-refractivity contribution in [3.8, 4) is 0 Å². The molecule has 0 aliphatic carbocycles. The van der Waals surface area contributed by atoms with Crippen LogP contribution in [0.3, 0.4) is 0 Å². The number of carbonyl (C=O) groups is 2. The summed E-state index contributed by atoms with van der Waals surface area (Å²) in [5, 5.41) is 6.56. The number of benzene rings is 1. The van der Waals surface area contributed by atoms with Gasteiger partial charge >= 0.3 is 0 Å². The highest BCUT2D eigenvalue weighted by molar-refractivity contribution is 5.87. The molecule has 1 aromatic rings. The molecular formula is C19H27N3O2. The molecule has 0 saturated carbocycles. The predicted octanol–water partition coefficient (Wildman–Crippen LogP) is 1.78. The molecule has 2 heterocycles. The van der Waals surface area contributed by atoms with E-state index in [2.05, 4.69) is 28.8 Å². The second kappa shape index (κ2) is 7.79. The van der Waals surface area contributed by atoms with E-state index in [9.17, 15) is 9.59 Å². The summed E-state index contributed by atoms with van der Waals surface area (Å²) >= 11 is 0. The van der Waals surface area contributed by atoms with Gasteiger partial charge in [-0.2, -0.15) is 0 Å². The molecular weight excluding hydrogens is 302 g/mol. The molecule has 2 aliphatic rings. The van der Waals surface area contributed by atoms with Crippen molar-refractivity contribution in [3.63, 3.8) is 0 Å². The maximum absolute atomic E-state index is 12.7. The van der Waals surface area contributed by atoms with E-state index >= 15 is 0 Å². The maximum Gasteiger partial charge on any atom is 0.242 e. The van der Waals surface area contributed by atoms with Crippen molar-refractivity contribution in [1.29, 1.82) is 0 Å². The first kappa shape index (κ1) is 17.0. The van der Waals surface area contributed by atoms with Crippen LogP contribution in [-0.4, -0.2) is 42.4 Å². The highest BCUT2D eigenvalue weighted by atomic mass is 16.2. The van der Waals surface area contributed by atoms with Gasteiger partial charge in [0.1, 0.15) is 6.04 Å². The average molecular weight is 329 g/mol. The fourth-order valence-electron chi connectivity index (χ4n) is 3.80. The summed E-state index contributed by atoms with van der Waals surface area (Å²) in [7, 11) is 0. The molecule has 5 heteroatoms. The van der Waals surface area contributed by atoms with Crippen LogP contribution in [-0.2, 0) is 16.0 Å². The van der Waals surface area contributed by atoms with Crippen LogP contribution in [0.5, 0.6) is 0 Å². The molecule has 2 N–H and O–H groups in total. The predicted molar refractivity (Wildman–Crippen MR) is 93.5 cm³/mol. The Labute approximate surface area is 143 Å². The van der Waals surface area contributed by atoms with Crippen molar-refractivity contribution in [2.75, 3.05) is 19.6 Å². The fraction of sp³-hybridized carbons (Fsp3) is 0.579. The van der Waals surface area contributed by atoms with Gasteiger partial charge in [0.05, 0.1) is 0 Å². The van der Waals surface area contributed by atoms with Gasteiger partial charge in [-0.1, -0.05) is 31.2 Å². The molecule has 2 aliphatic heterocycles. The van der Waals surface area contributed by atoms with Crippen molar-refractivity contribution < 1.29 is 9.59 Å². The summed E-state index contributed by atoms with van der Waals surface area (Å²) in [5.41, 5.74) is 2.63. The number of rotatable bonds is 4. The van der Waals surface area contributed by atoms with E-state index in [0.29, 0.717) is 19.5 Å². The van der Waals surface area contributed by atoms with E-state index in [4.69, 9.17) is 0 Å². The zero-order chi connectivity index (χ0) is 16.9. The first-order chi connectivity index (χ1) is 11.7. The monoisotopic (exact) mass is 329 g/mol. The third-order valence-corrected chi connectivity index (χ3v) is 5.12. The number of carbonyl (C=O) groups excluding carboxylic acids is 2. The van der Waals surface area contributed by atoms with E-state index in [-0.39, 0.29) is 23.9 Å². The minimum absolute atomic E-state index is 0.0126. The van der Waals surface area contributed by atoms with Crippen LogP contribution in [0, 0.1) is 0 Å². The molecule has 24 heavy (non-hydrogen) atoms. The molecule has 1 fully saturated rings. The van der Waals surface area contributed by atoms with Gasteiger partial charge in [-0.05, 0) is 43.4 Å². The van der Waals surface area contributed by atoms with Crippen molar-refractivity contribution in [1.82, 2.24) is 15.5 Å². The highest BCUT2D eigenvalue weighted by Crippen LogP contribution is 2.22. The molecule has 0 radical (unpaired) electrons. The second-order valence-corrected chi connectivity index (χ2v) is 6.65. The first-order valence-corrected chi connectivity index (χ1v) is 9.09. The van der Waals surface area contributed by atoms with Crippen LogP contribution < -0.4 is 10.6 Å². The summed E-state index contributed by atoms with van der Waals surface area (Å²) in [6.07, 6.45) is 4.26. The van der Waals surface area contributed by atoms with Crippen LogP contribution >= 0.6 is 0 Å². The highest BCUT2D eigenvalue weighted by Gasteiger charge is 2.31. The minimum Gasteiger partial charge on any atom is -0.352 e. The maximum atomic E-state index is 12.7. The van der Waals surface area contributed by atoms with Gasteiger partial charge in [0.2, 0.25) is 11.8 Å². The smallest absolute Gasteiger partial charge is 0.242 e. The number of fused-ring (bicyclic) bond motifs is 1. The Morgan fingerprint density at radius 2 is 2.12 bits per heavy atom. The standard InChI is InChI=1S/C19H27N3O2/c1-2-18(23)22-12-6-5-9-17(22)19(24)21-13-16-15-8-4-3-7-14(15)10-11-20-16/h3-4,7-8,16-17,20H,2,5-6,9-13H2,1H3,(H,21,24). The zero-order valence-electron chi connectivity index (χ0n) is 14.4. The number of nitrogens with zero attached hydrogens (tertiary/aromatic N) is 1. The molecule has 2 atom stereocenters. The van der Waals surface area contributed by atoms with Crippen molar-refractivity contribution in [2.24, 2.45) is 0 Å². The Morgan fingerprint density at radius 1 is 1.29 bits per heavy atom. The number of hydrogen-bond donors (Lipinski definition) is 2. The minimum atomic E-state index is -0.301. The molecule has 0 spiro atoms. The zero-order valence-corrected chi connectivity index (χ0v) is 14.4. The molecule has 5 nitrogen and oxygen atoms in total. The van der Waals surface area contributed by atoms with Gasteiger partial charge in [0, 0.05) is 25.6 Å². The quantitative estimate of drug-likeness (QED) is 0.885. The lowest BCUT2D eigenvalue weighted by molar-refractivity contribution is -0.142. The van der Waals surface area contributed by atoms with E-state index in [1.54, 1.807) is 4.90 Å². The summed E-state index contributed by atoms with van der Waals surface area (Å²) in [4.78, 5) is 26.5. The van der Waals surface area contributed by atoms with Gasteiger partial charge in [-0.25, -0.2) is 0 Å². The Kier molecular flexibility index (Phi) is 5.51. The summed E-state index contributed by atoms with van der Waals surface area (Å²) in [6.45, 7) is 4.06. The second-order valence-electron chi connectivity index (χ2n) is 6.65. The summed E-state index contributed by atoms with van der Waals surface area (Å²) in [6, 6.07) is 8.25. The van der Waals surface area contributed by atoms with E-state index in [1.165, 1.54) is 11.1 Å². The molecule has 0 bridgehead atoms. The topological polar surface area (TPSA) is 61.4 Å². The number of nitrogens with one attached hydrogen (secondary N) is 2. The van der Waals surface area contributed by atoms with Crippen molar-refractivity contribution >= 4 is 11.8 Å². The lowest BCUT2D eigenvalue weighted by atomic mass is 9.94. The number of likely N-dealkylation sites (tertiary alicyclic amines) is 1. The number of amides is 2. The van der Waals surface area contributed by atoms with Crippen LogP contribution in [0.2, 0.25) is 0 Å². The first-order valence-electron chi connectivity index (χ1n) is 9.09. The molecule has 1 aromatic carbocycles. The Balaban J connectivity index is 1.62. The molecule has 1 saturated heterocycles. The fourth-order valence-corrected chi connectivity index (χ4v) is 3.80. The third-order valence-electron chi connectivity index (χ3n) is 5.12. The van der Waals surface area contributed by atoms with Crippen LogP contribution in [0.4, 0.5) is 0 Å².